The summed E-state index contributed by atoms with van der Waals surface area (Å²) < 4.78 is 2.02. The fourth-order valence-electron chi connectivity index (χ4n) is 4.19. The standard InChI is InChI=1S/C23H21N3O4/c1-13-5-14(2)7-15(6-13)11-26-17-4-3-16(8-20(29)30)23(25-12-27)22(17)21-18(26)9-24-10-19(21)28/h3-7,9-10,12,28H,8,11H2,1-2H3,(H,25,27)(H,29,30). The Kier molecular flexibility index (Phi) is 4.87. The van der Waals surface area contributed by atoms with Gasteiger partial charge in [-0.1, -0.05) is 35.4 Å². The van der Waals surface area contributed by atoms with Crippen molar-refractivity contribution in [2.45, 2.75) is 26.8 Å². The van der Waals surface area contributed by atoms with Crippen LogP contribution in [-0.2, 0) is 22.6 Å². The second kappa shape index (κ2) is 7.51. The molecule has 152 valence electrons. The van der Waals surface area contributed by atoms with Gasteiger partial charge in [-0.3, -0.25) is 14.6 Å². The number of carboxylic acid groups (broad SMARTS) is 1. The molecule has 30 heavy (non-hydrogen) atoms. The number of pyridine rings is 1. The van der Waals surface area contributed by atoms with Crippen LogP contribution in [0.2, 0.25) is 0 Å². The Balaban J connectivity index is 2.05. The quantitative estimate of drug-likeness (QED) is 0.425. The SMILES string of the molecule is Cc1cc(C)cc(Cn2c3cncc(O)c3c3c(NC=O)c(CC(=O)O)ccc32)c1. The fourth-order valence-corrected chi connectivity index (χ4v) is 4.19. The van der Waals surface area contributed by atoms with Gasteiger partial charge in [-0.05, 0) is 31.0 Å². The van der Waals surface area contributed by atoms with E-state index < -0.39 is 5.97 Å². The van der Waals surface area contributed by atoms with Gasteiger partial charge in [0.05, 0.1) is 40.9 Å². The molecule has 0 unspecified atom stereocenters. The molecule has 0 spiro atoms. The van der Waals surface area contributed by atoms with Crippen LogP contribution in [0.3, 0.4) is 0 Å². The van der Waals surface area contributed by atoms with E-state index in [0.29, 0.717) is 40.5 Å². The van der Waals surface area contributed by atoms with Crippen LogP contribution in [0.15, 0.2) is 42.7 Å². The fraction of sp³-hybridized carbons (Fsp3) is 0.174. The molecule has 2 heterocycles. The monoisotopic (exact) mass is 403 g/mol. The Morgan fingerprint density at radius 3 is 2.50 bits per heavy atom. The maximum absolute atomic E-state index is 11.3. The molecule has 7 heteroatoms. The first kappa shape index (κ1) is 19.4. The van der Waals surface area contributed by atoms with Gasteiger partial charge in [-0.15, -0.1) is 0 Å². The van der Waals surface area contributed by atoms with Crippen molar-refractivity contribution < 1.29 is 19.8 Å². The van der Waals surface area contributed by atoms with Crippen molar-refractivity contribution in [2.24, 2.45) is 0 Å². The van der Waals surface area contributed by atoms with E-state index in [1.165, 1.54) is 6.20 Å². The molecule has 4 rings (SSSR count). The molecule has 0 saturated heterocycles. The predicted octanol–water partition coefficient (Wildman–Crippen LogP) is 3.76. The molecule has 0 aliphatic carbocycles. The highest BCUT2D eigenvalue weighted by Gasteiger charge is 2.20. The third-order valence-electron chi connectivity index (χ3n) is 5.17. The summed E-state index contributed by atoms with van der Waals surface area (Å²) in [5.74, 6) is -1.04. The van der Waals surface area contributed by atoms with Crippen molar-refractivity contribution in [1.82, 2.24) is 9.55 Å². The number of nitrogens with zero attached hydrogens (tertiary/aromatic N) is 2. The Labute approximate surface area is 172 Å². The van der Waals surface area contributed by atoms with Crippen molar-refractivity contribution in [3.63, 3.8) is 0 Å². The zero-order valence-corrected chi connectivity index (χ0v) is 16.6. The lowest BCUT2D eigenvalue weighted by Crippen LogP contribution is -2.06. The first-order valence-corrected chi connectivity index (χ1v) is 9.49. The van der Waals surface area contributed by atoms with Crippen LogP contribution in [0.25, 0.3) is 21.8 Å². The van der Waals surface area contributed by atoms with E-state index in [0.717, 1.165) is 22.2 Å². The lowest BCUT2D eigenvalue weighted by Gasteiger charge is -2.12. The van der Waals surface area contributed by atoms with Gasteiger partial charge in [0.15, 0.2) is 0 Å². The van der Waals surface area contributed by atoms with Crippen LogP contribution >= 0.6 is 0 Å². The van der Waals surface area contributed by atoms with Crippen molar-refractivity contribution in [2.75, 3.05) is 5.32 Å². The van der Waals surface area contributed by atoms with Crippen LogP contribution in [0.5, 0.6) is 5.75 Å². The van der Waals surface area contributed by atoms with Crippen LogP contribution in [0, 0.1) is 13.8 Å². The Hall–Kier alpha value is -3.87. The minimum absolute atomic E-state index is 0.0295. The third kappa shape index (κ3) is 3.34. The molecule has 3 N–H and O–H groups in total. The van der Waals surface area contributed by atoms with Crippen LogP contribution in [0.4, 0.5) is 5.69 Å². The number of aliphatic carboxylic acids is 1. The van der Waals surface area contributed by atoms with Crippen molar-refractivity contribution >= 4 is 39.9 Å². The second-order valence-corrected chi connectivity index (χ2v) is 7.46. The van der Waals surface area contributed by atoms with Crippen molar-refractivity contribution in [3.8, 4) is 5.75 Å². The van der Waals surface area contributed by atoms with E-state index in [-0.39, 0.29) is 12.2 Å². The number of carbonyl (C=O) groups excluding carboxylic acids is 1. The number of aryl methyl sites for hydroxylation is 2. The molecule has 2 aromatic heterocycles. The number of benzene rings is 2. The first-order chi connectivity index (χ1) is 14.4. The Morgan fingerprint density at radius 2 is 1.83 bits per heavy atom. The summed E-state index contributed by atoms with van der Waals surface area (Å²) >= 11 is 0. The number of carboxylic acids is 1. The van der Waals surface area contributed by atoms with Gasteiger partial charge in [0, 0.05) is 11.9 Å². The summed E-state index contributed by atoms with van der Waals surface area (Å²) in [5, 5.41) is 23.6. The van der Waals surface area contributed by atoms with E-state index >= 15 is 0 Å². The zero-order chi connectivity index (χ0) is 21.4. The number of carbonyl (C=O) groups is 2. The Morgan fingerprint density at radius 1 is 1.10 bits per heavy atom. The lowest BCUT2D eigenvalue weighted by atomic mass is 10.0. The minimum atomic E-state index is -1.01. The molecular formula is C23H21N3O4. The number of aromatic nitrogens is 2. The molecular weight excluding hydrogens is 382 g/mol. The topological polar surface area (TPSA) is 104 Å². The van der Waals surface area contributed by atoms with Gasteiger partial charge in [0.2, 0.25) is 6.41 Å². The van der Waals surface area contributed by atoms with E-state index in [9.17, 15) is 19.8 Å². The summed E-state index contributed by atoms with van der Waals surface area (Å²) in [4.78, 5) is 26.8. The number of fused-ring (bicyclic) bond motifs is 3. The lowest BCUT2D eigenvalue weighted by molar-refractivity contribution is -0.136. The number of hydrogen-bond donors (Lipinski definition) is 3. The van der Waals surface area contributed by atoms with Gasteiger partial charge in [-0.25, -0.2) is 0 Å². The van der Waals surface area contributed by atoms with Crippen LogP contribution < -0.4 is 5.32 Å². The maximum atomic E-state index is 11.3. The van der Waals surface area contributed by atoms with Crippen LogP contribution in [0.1, 0.15) is 22.3 Å². The third-order valence-corrected chi connectivity index (χ3v) is 5.17. The molecule has 7 nitrogen and oxygen atoms in total. The maximum Gasteiger partial charge on any atom is 0.307 e. The van der Waals surface area contributed by atoms with Gasteiger partial charge in [0.1, 0.15) is 5.75 Å². The Bertz CT molecular complexity index is 1290. The highest BCUT2D eigenvalue weighted by molar-refractivity contribution is 6.18. The first-order valence-electron chi connectivity index (χ1n) is 9.49. The molecule has 0 aliphatic rings. The number of nitrogens with one attached hydrogen (secondary N) is 1. The zero-order valence-electron chi connectivity index (χ0n) is 16.6. The average molecular weight is 403 g/mol. The second-order valence-electron chi connectivity index (χ2n) is 7.46. The van der Waals surface area contributed by atoms with E-state index in [4.69, 9.17) is 0 Å². The number of aromatic hydroxyl groups is 1. The van der Waals surface area contributed by atoms with Gasteiger partial charge >= 0.3 is 5.97 Å². The molecule has 0 fully saturated rings. The van der Waals surface area contributed by atoms with Gasteiger partial charge < -0.3 is 20.1 Å². The smallest absolute Gasteiger partial charge is 0.307 e. The molecule has 0 bridgehead atoms. The van der Waals surface area contributed by atoms with E-state index in [1.54, 1.807) is 12.3 Å². The summed E-state index contributed by atoms with van der Waals surface area (Å²) in [7, 11) is 0. The normalized spacial score (nSPS) is 11.1. The van der Waals surface area contributed by atoms with Gasteiger partial charge in [0.25, 0.3) is 0 Å². The van der Waals surface area contributed by atoms with E-state index in [1.807, 2.05) is 24.5 Å². The summed E-state index contributed by atoms with van der Waals surface area (Å²) in [6.07, 6.45) is 3.28. The average Bonchev–Trinajstić information content (AvgIpc) is 2.98. The summed E-state index contributed by atoms with van der Waals surface area (Å²) in [6.45, 7) is 4.62. The molecule has 4 aromatic rings. The number of rotatable bonds is 6. The number of hydrogen-bond acceptors (Lipinski definition) is 4. The van der Waals surface area contributed by atoms with E-state index in [2.05, 4.69) is 28.5 Å². The van der Waals surface area contributed by atoms with Gasteiger partial charge in [-0.2, -0.15) is 0 Å². The molecule has 0 atom stereocenters. The molecule has 0 saturated carbocycles. The van der Waals surface area contributed by atoms with Crippen LogP contribution in [-0.4, -0.2) is 32.1 Å². The molecule has 0 radical (unpaired) electrons. The predicted molar refractivity (Wildman–Crippen MR) is 115 cm³/mol. The molecule has 1 amide bonds. The number of anilines is 1. The van der Waals surface area contributed by atoms with Crippen molar-refractivity contribution in [3.05, 3.63) is 65.0 Å². The number of amides is 1. The minimum Gasteiger partial charge on any atom is -0.506 e. The molecule has 2 aromatic carbocycles. The summed E-state index contributed by atoms with van der Waals surface area (Å²) in [5.41, 5.74) is 5.71. The highest BCUT2D eigenvalue weighted by atomic mass is 16.4. The van der Waals surface area contributed by atoms with Crippen molar-refractivity contribution in [1.29, 1.82) is 0 Å². The molecule has 0 aliphatic heterocycles. The highest BCUT2D eigenvalue weighted by Crippen LogP contribution is 2.40. The summed E-state index contributed by atoms with van der Waals surface area (Å²) in [6, 6.07) is 9.83. The largest absolute Gasteiger partial charge is 0.506 e.